The van der Waals surface area contributed by atoms with Gasteiger partial charge in [-0.1, -0.05) is 47.5 Å². The Hall–Kier alpha value is -3.84. The Labute approximate surface area is 245 Å². The van der Waals surface area contributed by atoms with Crippen LogP contribution in [0.15, 0.2) is 72.4 Å². The van der Waals surface area contributed by atoms with Crippen LogP contribution in [0.5, 0.6) is 0 Å². The first kappa shape index (κ1) is 27.3. The van der Waals surface area contributed by atoms with E-state index in [-0.39, 0.29) is 37.0 Å². The number of benzene rings is 2. The largest absolute Gasteiger partial charge is 0.354 e. The van der Waals surface area contributed by atoms with Gasteiger partial charge in [-0.05, 0) is 36.2 Å². The lowest BCUT2D eigenvalue weighted by atomic mass is 9.91. The normalized spacial score (nSPS) is 19.3. The summed E-state index contributed by atoms with van der Waals surface area (Å²) >= 11 is 12.5. The van der Waals surface area contributed by atoms with Crippen LogP contribution >= 0.6 is 23.2 Å². The quantitative estimate of drug-likeness (QED) is 0.353. The van der Waals surface area contributed by atoms with Crippen molar-refractivity contribution in [2.45, 2.75) is 23.9 Å². The molecule has 0 bridgehead atoms. The van der Waals surface area contributed by atoms with Crippen LogP contribution in [0.4, 0.5) is 11.6 Å². The number of nitrogens with zero attached hydrogens (tertiary/aromatic N) is 6. The highest BCUT2D eigenvalue weighted by Gasteiger charge is 2.52. The van der Waals surface area contributed by atoms with Gasteiger partial charge in [0.25, 0.3) is 15.9 Å². The van der Waals surface area contributed by atoms with E-state index in [4.69, 9.17) is 23.2 Å². The number of imidazole rings is 1. The zero-order valence-electron chi connectivity index (χ0n) is 21.7. The molecule has 41 heavy (non-hydrogen) atoms. The number of anilines is 2. The molecule has 0 radical (unpaired) electrons. The number of carbonyl (C=O) groups is 2. The Bertz CT molecular complexity index is 1760. The van der Waals surface area contributed by atoms with Gasteiger partial charge in [0.2, 0.25) is 11.9 Å². The van der Waals surface area contributed by atoms with E-state index >= 15 is 0 Å². The van der Waals surface area contributed by atoms with Crippen molar-refractivity contribution in [3.05, 3.63) is 83.0 Å². The molecule has 2 aliphatic heterocycles. The number of hydrogen-bond acceptors (Lipinski definition) is 7. The number of sulfonamides is 1. The third-order valence-electron chi connectivity index (χ3n) is 7.18. The van der Waals surface area contributed by atoms with Crippen LogP contribution in [0.3, 0.4) is 0 Å². The zero-order chi connectivity index (χ0) is 28.9. The maximum atomic E-state index is 14.3. The molecule has 1 fully saturated rings. The second-order valence-electron chi connectivity index (χ2n) is 9.96. The van der Waals surface area contributed by atoms with Crippen molar-refractivity contribution in [2.24, 2.45) is 0 Å². The molecule has 0 aliphatic carbocycles. The number of carbonyl (C=O) groups excluding carboxylic acids is 2. The number of amides is 2. The van der Waals surface area contributed by atoms with Crippen LogP contribution in [0.25, 0.3) is 11.1 Å². The van der Waals surface area contributed by atoms with E-state index in [0.29, 0.717) is 15.7 Å². The van der Waals surface area contributed by atoms with Crippen LogP contribution in [0, 0.1) is 0 Å². The number of piperazine rings is 1. The molecule has 6 rings (SSSR count). The van der Waals surface area contributed by atoms with Gasteiger partial charge in [-0.2, -0.15) is 4.31 Å². The summed E-state index contributed by atoms with van der Waals surface area (Å²) in [6, 6.07) is 12.2. The maximum Gasteiger partial charge on any atom is 0.260 e. The number of halogens is 2. The number of aromatic nitrogens is 4. The smallest absolute Gasteiger partial charge is 0.260 e. The maximum absolute atomic E-state index is 14.3. The molecule has 11 nitrogen and oxygen atoms in total. The number of fused-ring (bicyclic) bond motifs is 1. The number of hydrogen-bond donors (Lipinski definition) is 1. The average Bonchev–Trinajstić information content (AvgIpc) is 3.47. The van der Waals surface area contributed by atoms with Gasteiger partial charge < -0.3 is 5.32 Å². The summed E-state index contributed by atoms with van der Waals surface area (Å²) in [6.45, 7) is 1.62. The zero-order valence-corrected chi connectivity index (χ0v) is 24.0. The number of rotatable bonds is 6. The van der Waals surface area contributed by atoms with Gasteiger partial charge in [0.15, 0.2) is 5.03 Å². The fourth-order valence-corrected chi connectivity index (χ4v) is 7.32. The molecule has 210 valence electrons. The fourth-order valence-electron chi connectivity index (χ4n) is 5.23. The highest BCUT2D eigenvalue weighted by atomic mass is 35.5. The van der Waals surface area contributed by atoms with Gasteiger partial charge in [-0.15, -0.1) is 0 Å². The van der Waals surface area contributed by atoms with Crippen molar-refractivity contribution in [1.82, 2.24) is 29.1 Å². The molecule has 1 N–H and O–H groups in total. The van der Waals surface area contributed by atoms with Crippen LogP contribution in [0.2, 0.25) is 10.0 Å². The highest BCUT2D eigenvalue weighted by molar-refractivity contribution is 7.89. The van der Waals surface area contributed by atoms with Crippen molar-refractivity contribution in [3.63, 3.8) is 0 Å². The molecule has 1 atom stereocenters. The highest BCUT2D eigenvalue weighted by Crippen LogP contribution is 2.45. The molecule has 14 heteroatoms. The lowest BCUT2D eigenvalue weighted by Gasteiger charge is -2.29. The lowest BCUT2D eigenvalue weighted by molar-refractivity contribution is -0.124. The second-order valence-corrected chi connectivity index (χ2v) is 12.7. The number of nitrogens with one attached hydrogen (secondary N) is 1. The van der Waals surface area contributed by atoms with Gasteiger partial charge in [0.05, 0.1) is 18.4 Å². The summed E-state index contributed by atoms with van der Waals surface area (Å²) in [6.07, 6.45) is 6.23. The minimum atomic E-state index is -4.20. The van der Waals surface area contributed by atoms with Gasteiger partial charge >= 0.3 is 0 Å². The SMILES string of the molecule is C[C@@]1(Cc2ccc(-c3cncnc3)cc2)C(=O)N(c2cc(Cl)cc(Cl)c2)c2ncc(S(=O)(=O)N3CCNC(=O)C3)n21. The van der Waals surface area contributed by atoms with Crippen LogP contribution in [-0.2, 0) is 31.6 Å². The Morgan fingerprint density at radius 3 is 2.32 bits per heavy atom. The third kappa shape index (κ3) is 4.76. The van der Waals surface area contributed by atoms with E-state index in [2.05, 4.69) is 20.3 Å². The van der Waals surface area contributed by atoms with Gasteiger partial charge in [-0.3, -0.25) is 14.2 Å². The molecule has 2 aromatic heterocycles. The topological polar surface area (TPSA) is 130 Å². The first-order chi connectivity index (χ1) is 19.6. The summed E-state index contributed by atoms with van der Waals surface area (Å²) < 4.78 is 30.2. The molecule has 2 amide bonds. The molecule has 0 unspecified atom stereocenters. The van der Waals surface area contributed by atoms with E-state index in [0.717, 1.165) is 21.0 Å². The van der Waals surface area contributed by atoms with Crippen molar-refractivity contribution in [3.8, 4) is 11.1 Å². The Kier molecular flexibility index (Phi) is 6.81. The van der Waals surface area contributed by atoms with Crippen molar-refractivity contribution in [1.29, 1.82) is 0 Å². The van der Waals surface area contributed by atoms with Crippen molar-refractivity contribution in [2.75, 3.05) is 24.5 Å². The summed E-state index contributed by atoms with van der Waals surface area (Å²) in [7, 11) is -4.20. The van der Waals surface area contributed by atoms with Crippen molar-refractivity contribution < 1.29 is 18.0 Å². The van der Waals surface area contributed by atoms with Crippen LogP contribution in [-0.4, -0.2) is 63.7 Å². The van der Waals surface area contributed by atoms with E-state index in [1.54, 1.807) is 31.5 Å². The van der Waals surface area contributed by atoms with Crippen LogP contribution in [0.1, 0.15) is 12.5 Å². The minimum absolute atomic E-state index is 0.0948. The Morgan fingerprint density at radius 1 is 0.976 bits per heavy atom. The predicted octanol–water partition coefficient (Wildman–Crippen LogP) is 3.40. The van der Waals surface area contributed by atoms with Gasteiger partial charge in [0.1, 0.15) is 11.9 Å². The third-order valence-corrected chi connectivity index (χ3v) is 9.42. The summed E-state index contributed by atoms with van der Waals surface area (Å²) in [4.78, 5) is 40.1. The minimum Gasteiger partial charge on any atom is -0.354 e. The Morgan fingerprint density at radius 2 is 1.66 bits per heavy atom. The monoisotopic (exact) mass is 611 g/mol. The van der Waals surface area contributed by atoms with Gasteiger partial charge in [0, 0.05) is 47.5 Å². The molecule has 1 saturated heterocycles. The van der Waals surface area contributed by atoms with E-state index < -0.39 is 27.4 Å². The van der Waals surface area contributed by atoms with Crippen molar-refractivity contribution >= 4 is 56.7 Å². The van der Waals surface area contributed by atoms with E-state index in [1.807, 2.05) is 24.3 Å². The molecule has 4 heterocycles. The fraction of sp³-hybridized carbons (Fsp3) is 0.222. The summed E-state index contributed by atoms with van der Waals surface area (Å²) in [5.41, 5.74) is 1.46. The molecule has 0 saturated carbocycles. The Balaban J connectivity index is 1.46. The molecule has 2 aliphatic rings. The first-order valence-corrected chi connectivity index (χ1v) is 14.8. The average molecular weight is 612 g/mol. The molecular weight excluding hydrogens is 589 g/mol. The van der Waals surface area contributed by atoms with E-state index in [1.165, 1.54) is 28.1 Å². The van der Waals surface area contributed by atoms with Gasteiger partial charge in [-0.25, -0.2) is 28.3 Å². The summed E-state index contributed by atoms with van der Waals surface area (Å²) in [5.74, 6) is -0.708. The molecular formula is C27H23Cl2N7O4S. The van der Waals surface area contributed by atoms with E-state index in [9.17, 15) is 18.0 Å². The lowest BCUT2D eigenvalue weighted by Crippen LogP contribution is -2.50. The second kappa shape index (κ2) is 10.2. The van der Waals surface area contributed by atoms with Crippen LogP contribution < -0.4 is 10.2 Å². The predicted molar refractivity (Wildman–Crippen MR) is 152 cm³/mol. The standard InChI is InChI=1S/C27H23Cl2N7O4S/c1-27(11-17-2-4-18(5-3-17)19-12-30-16-31-13-19)25(38)35(22-9-20(28)8-21(29)10-22)26-33-14-24(36(26)27)41(39,40)34-7-6-32-23(37)15-34/h2-5,8-10,12-14,16H,6-7,11,15H2,1H3,(H,32,37)/t27-/m1/s1. The molecule has 2 aromatic carbocycles. The summed E-state index contributed by atoms with van der Waals surface area (Å²) in [5, 5.41) is 3.05. The molecule has 4 aromatic rings. The first-order valence-electron chi connectivity index (χ1n) is 12.6. The molecule has 0 spiro atoms.